The van der Waals surface area contributed by atoms with Crippen LogP contribution >= 0.6 is 11.3 Å². The lowest BCUT2D eigenvalue weighted by molar-refractivity contribution is 0.611. The quantitative estimate of drug-likeness (QED) is 0.702. The van der Waals surface area contributed by atoms with Gasteiger partial charge in [-0.05, 0) is 60.7 Å². The first-order valence-corrected chi connectivity index (χ1v) is 5.64. The Bertz CT molecular complexity index is 210. The molecular formula is C10H15NS. The van der Waals surface area contributed by atoms with Crippen molar-refractivity contribution in [3.63, 3.8) is 0 Å². The minimum absolute atomic E-state index is 0.825. The van der Waals surface area contributed by atoms with Gasteiger partial charge >= 0.3 is 0 Å². The third-order valence-corrected chi connectivity index (χ3v) is 3.29. The van der Waals surface area contributed by atoms with E-state index in [-0.39, 0.29) is 0 Å². The molecule has 0 aromatic carbocycles. The molecule has 1 aromatic rings. The molecule has 0 spiro atoms. The van der Waals surface area contributed by atoms with E-state index in [0.717, 1.165) is 5.92 Å². The smallest absolute Gasteiger partial charge is 0.00431 e. The SMILES string of the molecule is c1cc(C2CCCNCC2)cs1. The van der Waals surface area contributed by atoms with Gasteiger partial charge in [-0.3, -0.25) is 0 Å². The molecule has 0 saturated carbocycles. The van der Waals surface area contributed by atoms with Crippen LogP contribution in [0.4, 0.5) is 0 Å². The minimum Gasteiger partial charge on any atom is -0.317 e. The molecule has 1 aliphatic heterocycles. The second-order valence-electron chi connectivity index (χ2n) is 3.43. The predicted octanol–water partition coefficient (Wildman–Crippen LogP) is 2.61. The van der Waals surface area contributed by atoms with Crippen LogP contribution in [0.15, 0.2) is 16.8 Å². The van der Waals surface area contributed by atoms with Crippen molar-refractivity contribution in [3.8, 4) is 0 Å². The third-order valence-electron chi connectivity index (χ3n) is 2.59. The lowest BCUT2D eigenvalue weighted by Gasteiger charge is -2.10. The van der Waals surface area contributed by atoms with Crippen LogP contribution in [0.25, 0.3) is 0 Å². The molecule has 0 amide bonds. The molecular weight excluding hydrogens is 166 g/mol. The van der Waals surface area contributed by atoms with Gasteiger partial charge in [-0.1, -0.05) is 0 Å². The van der Waals surface area contributed by atoms with Crippen molar-refractivity contribution in [1.82, 2.24) is 5.32 Å². The summed E-state index contributed by atoms with van der Waals surface area (Å²) in [6.45, 7) is 2.40. The Hall–Kier alpha value is -0.340. The summed E-state index contributed by atoms with van der Waals surface area (Å²) in [5.41, 5.74) is 1.56. The number of rotatable bonds is 1. The molecule has 1 atom stereocenters. The normalized spacial score (nSPS) is 25.2. The molecule has 1 aliphatic rings. The predicted molar refractivity (Wildman–Crippen MR) is 53.8 cm³/mol. The Morgan fingerprint density at radius 1 is 1.33 bits per heavy atom. The van der Waals surface area contributed by atoms with Crippen molar-refractivity contribution in [2.75, 3.05) is 13.1 Å². The van der Waals surface area contributed by atoms with E-state index in [1.54, 1.807) is 5.56 Å². The van der Waals surface area contributed by atoms with E-state index in [4.69, 9.17) is 0 Å². The second kappa shape index (κ2) is 4.06. The summed E-state index contributed by atoms with van der Waals surface area (Å²) in [5, 5.41) is 7.93. The maximum atomic E-state index is 3.44. The Morgan fingerprint density at radius 2 is 2.33 bits per heavy atom. The number of hydrogen-bond donors (Lipinski definition) is 1. The van der Waals surface area contributed by atoms with Gasteiger partial charge < -0.3 is 5.32 Å². The zero-order valence-corrected chi connectivity index (χ0v) is 8.07. The van der Waals surface area contributed by atoms with E-state index in [9.17, 15) is 0 Å². The highest BCUT2D eigenvalue weighted by Crippen LogP contribution is 2.27. The van der Waals surface area contributed by atoms with Crippen LogP contribution in [-0.4, -0.2) is 13.1 Å². The summed E-state index contributed by atoms with van der Waals surface area (Å²) in [5.74, 6) is 0.825. The first-order chi connectivity index (χ1) is 5.97. The molecule has 2 rings (SSSR count). The molecule has 1 saturated heterocycles. The molecule has 1 unspecified atom stereocenters. The Morgan fingerprint density at radius 3 is 3.17 bits per heavy atom. The van der Waals surface area contributed by atoms with Crippen molar-refractivity contribution in [3.05, 3.63) is 22.4 Å². The third kappa shape index (κ3) is 1.87. The molecule has 12 heavy (non-hydrogen) atoms. The molecule has 1 aromatic heterocycles. The molecule has 0 radical (unpaired) electrons. The molecule has 2 heteroatoms. The summed E-state index contributed by atoms with van der Waals surface area (Å²) in [4.78, 5) is 0. The summed E-state index contributed by atoms with van der Waals surface area (Å²) in [7, 11) is 0. The highest BCUT2D eigenvalue weighted by molar-refractivity contribution is 7.07. The topological polar surface area (TPSA) is 12.0 Å². The molecule has 0 aliphatic carbocycles. The zero-order valence-electron chi connectivity index (χ0n) is 7.25. The Balaban J connectivity index is 2.02. The lowest BCUT2D eigenvalue weighted by Crippen LogP contribution is -2.13. The van der Waals surface area contributed by atoms with E-state index in [2.05, 4.69) is 22.1 Å². The second-order valence-corrected chi connectivity index (χ2v) is 4.21. The van der Waals surface area contributed by atoms with Gasteiger partial charge in [-0.2, -0.15) is 11.3 Å². The van der Waals surface area contributed by atoms with Gasteiger partial charge in [0.15, 0.2) is 0 Å². The number of thiophene rings is 1. The molecule has 1 fully saturated rings. The van der Waals surface area contributed by atoms with Crippen LogP contribution in [0.2, 0.25) is 0 Å². The van der Waals surface area contributed by atoms with Crippen LogP contribution in [0.1, 0.15) is 30.7 Å². The molecule has 1 nitrogen and oxygen atoms in total. The standard InChI is InChI=1S/C10H15NS/c1-2-9(3-6-11-5-1)10-4-7-12-8-10/h4,7-9,11H,1-3,5-6H2. The van der Waals surface area contributed by atoms with Crippen LogP contribution in [-0.2, 0) is 0 Å². The lowest BCUT2D eigenvalue weighted by atomic mass is 9.95. The van der Waals surface area contributed by atoms with Gasteiger partial charge in [-0.25, -0.2) is 0 Å². The first-order valence-electron chi connectivity index (χ1n) is 4.69. The van der Waals surface area contributed by atoms with Gasteiger partial charge in [0.1, 0.15) is 0 Å². The van der Waals surface area contributed by atoms with E-state index in [1.807, 2.05) is 11.3 Å². The van der Waals surface area contributed by atoms with Crippen molar-refractivity contribution >= 4 is 11.3 Å². The summed E-state index contributed by atoms with van der Waals surface area (Å²) in [6.07, 6.45) is 4.01. The van der Waals surface area contributed by atoms with Crippen LogP contribution in [0.5, 0.6) is 0 Å². The fourth-order valence-corrected chi connectivity index (χ4v) is 2.60. The van der Waals surface area contributed by atoms with Gasteiger partial charge in [0.2, 0.25) is 0 Å². The van der Waals surface area contributed by atoms with Crippen LogP contribution in [0.3, 0.4) is 0 Å². The highest BCUT2D eigenvalue weighted by Gasteiger charge is 2.13. The van der Waals surface area contributed by atoms with E-state index < -0.39 is 0 Å². The van der Waals surface area contributed by atoms with Crippen LogP contribution < -0.4 is 5.32 Å². The first kappa shape index (κ1) is 8.27. The summed E-state index contributed by atoms with van der Waals surface area (Å²) >= 11 is 1.82. The van der Waals surface area contributed by atoms with Gasteiger partial charge in [-0.15, -0.1) is 0 Å². The number of nitrogens with one attached hydrogen (secondary N) is 1. The Labute approximate surface area is 77.8 Å². The van der Waals surface area contributed by atoms with Crippen molar-refractivity contribution < 1.29 is 0 Å². The largest absolute Gasteiger partial charge is 0.317 e. The highest BCUT2D eigenvalue weighted by atomic mass is 32.1. The Kier molecular flexibility index (Phi) is 2.79. The molecule has 66 valence electrons. The molecule has 2 heterocycles. The molecule has 0 bridgehead atoms. The summed E-state index contributed by atoms with van der Waals surface area (Å²) in [6, 6.07) is 2.28. The minimum atomic E-state index is 0.825. The van der Waals surface area contributed by atoms with Gasteiger partial charge in [0.25, 0.3) is 0 Å². The average molecular weight is 181 g/mol. The van der Waals surface area contributed by atoms with Crippen LogP contribution in [0, 0.1) is 0 Å². The fourth-order valence-electron chi connectivity index (χ4n) is 1.86. The van der Waals surface area contributed by atoms with Crippen molar-refractivity contribution in [2.24, 2.45) is 0 Å². The summed E-state index contributed by atoms with van der Waals surface area (Å²) < 4.78 is 0. The fraction of sp³-hybridized carbons (Fsp3) is 0.600. The van der Waals surface area contributed by atoms with Crippen molar-refractivity contribution in [2.45, 2.75) is 25.2 Å². The van der Waals surface area contributed by atoms with E-state index >= 15 is 0 Å². The maximum absolute atomic E-state index is 3.44. The average Bonchev–Trinajstić information content (AvgIpc) is 2.48. The molecule has 1 N–H and O–H groups in total. The van der Waals surface area contributed by atoms with E-state index in [0.29, 0.717) is 0 Å². The van der Waals surface area contributed by atoms with E-state index in [1.165, 1.54) is 32.4 Å². The number of hydrogen-bond acceptors (Lipinski definition) is 2. The monoisotopic (exact) mass is 181 g/mol. The van der Waals surface area contributed by atoms with Gasteiger partial charge in [0, 0.05) is 0 Å². The van der Waals surface area contributed by atoms with Gasteiger partial charge in [0.05, 0.1) is 0 Å². The maximum Gasteiger partial charge on any atom is -0.00431 e. The van der Waals surface area contributed by atoms with Crippen molar-refractivity contribution in [1.29, 1.82) is 0 Å². The zero-order chi connectivity index (χ0) is 8.23.